The summed E-state index contributed by atoms with van der Waals surface area (Å²) in [5.74, 6) is -0.0681. The van der Waals surface area contributed by atoms with Crippen molar-refractivity contribution in [2.75, 3.05) is 5.73 Å². The van der Waals surface area contributed by atoms with Crippen LogP contribution in [0.2, 0.25) is 0 Å². The number of benzene rings is 2. The first-order chi connectivity index (χ1) is 12.1. The zero-order chi connectivity index (χ0) is 17.4. The number of nitrogen functional groups attached to an aromatic ring is 1. The predicted molar refractivity (Wildman–Crippen MR) is 97.3 cm³/mol. The molecule has 0 aliphatic carbocycles. The van der Waals surface area contributed by atoms with Crippen LogP contribution in [0.15, 0.2) is 60.7 Å². The Morgan fingerprint density at radius 3 is 2.40 bits per heavy atom. The molecule has 0 unspecified atom stereocenters. The Balaban J connectivity index is 1.95. The van der Waals surface area contributed by atoms with Gasteiger partial charge in [-0.2, -0.15) is 0 Å². The molecule has 0 radical (unpaired) electrons. The van der Waals surface area contributed by atoms with Crippen molar-refractivity contribution >= 4 is 17.0 Å². The monoisotopic (exact) mass is 330 g/mol. The highest BCUT2D eigenvalue weighted by Crippen LogP contribution is 2.28. The lowest BCUT2D eigenvalue weighted by Crippen LogP contribution is -2.00. The van der Waals surface area contributed by atoms with Crippen LogP contribution in [0.1, 0.15) is 5.56 Å². The lowest BCUT2D eigenvalue weighted by molar-refractivity contribution is 0.628. The van der Waals surface area contributed by atoms with Gasteiger partial charge in [0.05, 0.1) is 11.2 Å². The average molecular weight is 330 g/mol. The van der Waals surface area contributed by atoms with Crippen LogP contribution < -0.4 is 5.73 Å². The van der Waals surface area contributed by atoms with Gasteiger partial charge < -0.3 is 5.73 Å². The first-order valence-electron chi connectivity index (χ1n) is 7.87. The molecule has 25 heavy (non-hydrogen) atoms. The molecule has 0 aliphatic rings. The van der Waals surface area contributed by atoms with E-state index in [-0.39, 0.29) is 11.8 Å². The van der Waals surface area contributed by atoms with E-state index >= 15 is 0 Å². The van der Waals surface area contributed by atoms with Gasteiger partial charge >= 0.3 is 0 Å². The number of nitrogens with two attached hydrogens (primary N) is 1. The van der Waals surface area contributed by atoms with Gasteiger partial charge in [0.25, 0.3) is 0 Å². The van der Waals surface area contributed by atoms with E-state index in [1.54, 1.807) is 12.1 Å². The molecule has 4 rings (SSSR count). The van der Waals surface area contributed by atoms with Crippen LogP contribution >= 0.6 is 0 Å². The largest absolute Gasteiger partial charge is 0.368 e. The van der Waals surface area contributed by atoms with E-state index in [1.807, 2.05) is 43.3 Å². The Bertz CT molecular complexity index is 1070. The minimum Gasteiger partial charge on any atom is -0.368 e. The van der Waals surface area contributed by atoms with Crippen LogP contribution in [-0.4, -0.2) is 15.0 Å². The number of nitrogens with zero attached hydrogens (tertiary/aromatic N) is 3. The van der Waals surface area contributed by atoms with Crippen LogP contribution in [0, 0.1) is 12.7 Å². The summed E-state index contributed by atoms with van der Waals surface area (Å²) in [6, 6.07) is 18.0. The van der Waals surface area contributed by atoms with Gasteiger partial charge in [0, 0.05) is 11.1 Å². The molecule has 2 aromatic heterocycles. The zero-order valence-corrected chi connectivity index (χ0v) is 13.6. The first kappa shape index (κ1) is 15.2. The summed E-state index contributed by atoms with van der Waals surface area (Å²) >= 11 is 0. The van der Waals surface area contributed by atoms with Gasteiger partial charge in [0.2, 0.25) is 5.95 Å². The lowest BCUT2D eigenvalue weighted by atomic mass is 10.1. The minimum absolute atomic E-state index is 0.209. The molecule has 0 fully saturated rings. The Hall–Kier alpha value is -3.34. The van der Waals surface area contributed by atoms with Crippen molar-refractivity contribution < 1.29 is 4.39 Å². The maximum atomic E-state index is 13.2. The number of anilines is 1. The highest BCUT2D eigenvalue weighted by molar-refractivity contribution is 5.91. The van der Waals surface area contributed by atoms with Crippen molar-refractivity contribution in [2.45, 2.75) is 6.92 Å². The molecule has 0 amide bonds. The number of halogens is 1. The molecule has 0 spiro atoms. The van der Waals surface area contributed by atoms with Crippen molar-refractivity contribution in [1.29, 1.82) is 0 Å². The Morgan fingerprint density at radius 1 is 0.840 bits per heavy atom. The zero-order valence-electron chi connectivity index (χ0n) is 13.6. The molecule has 2 heterocycles. The Morgan fingerprint density at radius 2 is 1.64 bits per heavy atom. The van der Waals surface area contributed by atoms with Gasteiger partial charge in [-0.3, -0.25) is 0 Å². The smallest absolute Gasteiger partial charge is 0.221 e. The van der Waals surface area contributed by atoms with E-state index in [0.29, 0.717) is 16.7 Å². The molecule has 0 atom stereocenters. The third-order valence-electron chi connectivity index (χ3n) is 3.99. The highest BCUT2D eigenvalue weighted by Gasteiger charge is 2.12. The van der Waals surface area contributed by atoms with E-state index in [4.69, 9.17) is 10.7 Å². The molecule has 0 saturated heterocycles. The summed E-state index contributed by atoms with van der Waals surface area (Å²) in [6.07, 6.45) is 0. The third kappa shape index (κ3) is 2.92. The predicted octanol–water partition coefficient (Wildman–Crippen LogP) is 4.39. The summed E-state index contributed by atoms with van der Waals surface area (Å²) in [5, 5.41) is 0. The van der Waals surface area contributed by atoms with Gasteiger partial charge in [-0.1, -0.05) is 23.8 Å². The normalized spacial score (nSPS) is 11.0. The molecular formula is C20H15FN4. The summed E-state index contributed by atoms with van der Waals surface area (Å²) in [7, 11) is 0. The Labute approximate surface area is 144 Å². The van der Waals surface area contributed by atoms with Crippen LogP contribution in [0.3, 0.4) is 0 Å². The first-order valence-corrected chi connectivity index (χ1v) is 7.87. The second-order valence-electron chi connectivity index (χ2n) is 5.87. The minimum atomic E-state index is -0.277. The fraction of sp³-hybridized carbons (Fsp3) is 0.0500. The summed E-state index contributed by atoms with van der Waals surface area (Å²) in [4.78, 5) is 13.4. The quantitative estimate of drug-likeness (QED) is 0.592. The number of fused-ring (bicyclic) bond motifs is 1. The van der Waals surface area contributed by atoms with Crippen LogP contribution in [0.4, 0.5) is 10.3 Å². The molecular weight excluding hydrogens is 315 g/mol. The second-order valence-corrected chi connectivity index (χ2v) is 5.87. The van der Waals surface area contributed by atoms with E-state index < -0.39 is 0 Å². The van der Waals surface area contributed by atoms with E-state index in [9.17, 15) is 4.39 Å². The van der Waals surface area contributed by atoms with Gasteiger partial charge in [-0.15, -0.1) is 0 Å². The van der Waals surface area contributed by atoms with Crippen LogP contribution in [-0.2, 0) is 0 Å². The number of pyridine rings is 1. The van der Waals surface area contributed by atoms with E-state index in [2.05, 4.69) is 9.97 Å². The summed E-state index contributed by atoms with van der Waals surface area (Å²) < 4.78 is 13.2. The number of hydrogen-bond donors (Lipinski definition) is 1. The number of aryl methyl sites for hydroxylation is 1. The number of hydrogen-bond acceptors (Lipinski definition) is 4. The molecule has 0 saturated carbocycles. The third-order valence-corrected chi connectivity index (χ3v) is 3.99. The fourth-order valence-corrected chi connectivity index (χ4v) is 2.81. The van der Waals surface area contributed by atoms with Gasteiger partial charge in [0.15, 0.2) is 0 Å². The average Bonchev–Trinajstić information content (AvgIpc) is 2.61. The lowest BCUT2D eigenvalue weighted by Gasteiger charge is -2.09. The maximum absolute atomic E-state index is 13.2. The highest BCUT2D eigenvalue weighted by atomic mass is 19.1. The van der Waals surface area contributed by atoms with Crippen molar-refractivity contribution in [3.63, 3.8) is 0 Å². The van der Waals surface area contributed by atoms with Crippen molar-refractivity contribution in [1.82, 2.24) is 15.0 Å². The SMILES string of the molecule is Cc1cccc(-c2nc(N)nc3ccc(-c4ccc(F)cc4)nc23)c1. The van der Waals surface area contributed by atoms with Gasteiger partial charge in [-0.05, 0) is 49.4 Å². The summed E-state index contributed by atoms with van der Waals surface area (Å²) in [5.41, 5.74) is 11.5. The van der Waals surface area contributed by atoms with Crippen molar-refractivity contribution in [3.05, 3.63) is 72.0 Å². The molecule has 2 aromatic carbocycles. The molecule has 4 nitrogen and oxygen atoms in total. The molecule has 122 valence electrons. The molecule has 4 aromatic rings. The van der Waals surface area contributed by atoms with E-state index in [0.717, 1.165) is 22.4 Å². The molecule has 5 heteroatoms. The van der Waals surface area contributed by atoms with Crippen molar-refractivity contribution in [3.8, 4) is 22.5 Å². The van der Waals surface area contributed by atoms with Gasteiger partial charge in [0.1, 0.15) is 17.0 Å². The number of aromatic nitrogens is 3. The topological polar surface area (TPSA) is 64.7 Å². The second kappa shape index (κ2) is 5.94. The summed E-state index contributed by atoms with van der Waals surface area (Å²) in [6.45, 7) is 2.02. The van der Waals surface area contributed by atoms with Crippen molar-refractivity contribution in [2.24, 2.45) is 0 Å². The maximum Gasteiger partial charge on any atom is 0.221 e. The molecule has 0 aliphatic heterocycles. The Kier molecular flexibility index (Phi) is 3.61. The van der Waals surface area contributed by atoms with E-state index in [1.165, 1.54) is 12.1 Å². The fourth-order valence-electron chi connectivity index (χ4n) is 2.81. The standard InChI is InChI=1S/C20H15FN4/c1-12-3-2-4-14(11-12)18-19-17(24-20(22)25-18)10-9-16(23-19)13-5-7-15(21)8-6-13/h2-11H,1H3,(H2,22,24,25). The molecule has 0 bridgehead atoms. The number of rotatable bonds is 2. The van der Waals surface area contributed by atoms with Crippen LogP contribution in [0.5, 0.6) is 0 Å². The molecule has 2 N–H and O–H groups in total. The van der Waals surface area contributed by atoms with Crippen LogP contribution in [0.25, 0.3) is 33.5 Å². The van der Waals surface area contributed by atoms with Gasteiger partial charge in [-0.25, -0.2) is 19.3 Å².